The van der Waals surface area contributed by atoms with Gasteiger partial charge in [-0.15, -0.1) is 0 Å². The first-order valence-electron chi connectivity index (χ1n) is 5.96. The summed E-state index contributed by atoms with van der Waals surface area (Å²) in [5.74, 6) is 0. The van der Waals surface area contributed by atoms with Gasteiger partial charge in [0.1, 0.15) is 0 Å². The van der Waals surface area contributed by atoms with Crippen molar-refractivity contribution in [2.45, 2.75) is 0 Å². The molecule has 4 heteroatoms. The number of benzene rings is 2. The molecule has 0 saturated heterocycles. The molecule has 3 rings (SSSR count). The van der Waals surface area contributed by atoms with E-state index in [1.54, 1.807) is 24.3 Å². The lowest BCUT2D eigenvalue weighted by atomic mass is 10.0. The van der Waals surface area contributed by atoms with E-state index < -0.39 is 0 Å². The fourth-order valence-electron chi connectivity index (χ4n) is 2.56. The third kappa shape index (κ3) is 1.45. The van der Waals surface area contributed by atoms with Crippen LogP contribution in [-0.4, -0.2) is 4.57 Å². The van der Waals surface area contributed by atoms with Crippen LogP contribution in [0.5, 0.6) is 0 Å². The Hall–Kier alpha value is -3.29. The van der Waals surface area contributed by atoms with Crippen molar-refractivity contribution in [1.82, 2.24) is 4.57 Å². The average molecular weight is 256 g/mol. The zero-order valence-corrected chi connectivity index (χ0v) is 10.7. The molecular formula is C16H8N4. The Balaban J connectivity index is 2.62. The van der Waals surface area contributed by atoms with Crippen LogP contribution in [0.25, 0.3) is 21.8 Å². The lowest BCUT2D eigenvalue weighted by Crippen LogP contribution is -1.88. The van der Waals surface area contributed by atoms with Crippen molar-refractivity contribution in [1.29, 1.82) is 15.8 Å². The van der Waals surface area contributed by atoms with Crippen molar-refractivity contribution in [3.63, 3.8) is 0 Å². The van der Waals surface area contributed by atoms with E-state index in [0.29, 0.717) is 16.7 Å². The zero-order chi connectivity index (χ0) is 14.3. The van der Waals surface area contributed by atoms with Gasteiger partial charge in [-0.05, 0) is 30.3 Å². The minimum Gasteiger partial charge on any atom is -0.344 e. The Kier molecular flexibility index (Phi) is 2.43. The lowest BCUT2D eigenvalue weighted by Gasteiger charge is -1.99. The maximum Gasteiger partial charge on any atom is 0.0999 e. The predicted molar refractivity (Wildman–Crippen MR) is 74.6 cm³/mol. The third-order valence-electron chi connectivity index (χ3n) is 3.48. The molecule has 0 fully saturated rings. The summed E-state index contributed by atoms with van der Waals surface area (Å²) in [5, 5.41) is 29.0. The molecule has 92 valence electrons. The van der Waals surface area contributed by atoms with Crippen molar-refractivity contribution in [2.75, 3.05) is 0 Å². The van der Waals surface area contributed by atoms with Gasteiger partial charge in [0.05, 0.1) is 40.4 Å². The number of nitriles is 3. The molecule has 20 heavy (non-hydrogen) atoms. The van der Waals surface area contributed by atoms with Crippen LogP contribution in [-0.2, 0) is 7.05 Å². The van der Waals surface area contributed by atoms with Crippen LogP contribution < -0.4 is 0 Å². The van der Waals surface area contributed by atoms with E-state index in [1.807, 2.05) is 17.7 Å². The maximum atomic E-state index is 9.32. The second-order valence-corrected chi connectivity index (χ2v) is 4.54. The molecule has 0 aliphatic heterocycles. The number of fused-ring (bicyclic) bond motifs is 3. The van der Waals surface area contributed by atoms with E-state index in [-0.39, 0.29) is 0 Å². The molecule has 1 heterocycles. The number of aromatic nitrogens is 1. The molecule has 0 spiro atoms. The Bertz CT molecular complexity index is 988. The van der Waals surface area contributed by atoms with Crippen LogP contribution >= 0.6 is 0 Å². The van der Waals surface area contributed by atoms with Gasteiger partial charge in [0.2, 0.25) is 0 Å². The monoisotopic (exact) mass is 256 g/mol. The number of hydrogen-bond donors (Lipinski definition) is 0. The molecule has 0 aliphatic carbocycles. The Morgan fingerprint density at radius 3 is 2.25 bits per heavy atom. The number of rotatable bonds is 0. The van der Waals surface area contributed by atoms with Crippen molar-refractivity contribution in [2.24, 2.45) is 7.05 Å². The Morgan fingerprint density at radius 2 is 1.60 bits per heavy atom. The summed E-state index contributed by atoms with van der Waals surface area (Å²) >= 11 is 0. The molecule has 0 radical (unpaired) electrons. The summed E-state index contributed by atoms with van der Waals surface area (Å²) in [6.45, 7) is 0. The van der Waals surface area contributed by atoms with Crippen molar-refractivity contribution >= 4 is 21.8 Å². The minimum atomic E-state index is 0.458. The van der Waals surface area contributed by atoms with Crippen LogP contribution in [0, 0.1) is 34.0 Å². The van der Waals surface area contributed by atoms with Gasteiger partial charge in [-0.25, -0.2) is 0 Å². The summed E-state index contributed by atoms with van der Waals surface area (Å²) in [6.07, 6.45) is 0. The highest BCUT2D eigenvalue weighted by Crippen LogP contribution is 2.32. The van der Waals surface area contributed by atoms with Crippen molar-refractivity contribution < 1.29 is 0 Å². The largest absolute Gasteiger partial charge is 0.344 e. The summed E-state index contributed by atoms with van der Waals surface area (Å²) < 4.78 is 1.94. The highest BCUT2D eigenvalue weighted by Gasteiger charge is 2.14. The van der Waals surface area contributed by atoms with Gasteiger partial charge in [-0.1, -0.05) is 0 Å². The molecule has 2 aromatic carbocycles. The second kappa shape index (κ2) is 4.12. The van der Waals surface area contributed by atoms with Gasteiger partial charge in [0.15, 0.2) is 0 Å². The number of nitrogens with zero attached hydrogens (tertiary/aromatic N) is 4. The highest BCUT2D eigenvalue weighted by atomic mass is 14.9. The molecule has 1 aromatic heterocycles. The van der Waals surface area contributed by atoms with Crippen LogP contribution in [0.15, 0.2) is 30.3 Å². The average Bonchev–Trinajstić information content (AvgIpc) is 2.79. The Labute approximate surface area is 115 Å². The smallest absolute Gasteiger partial charge is 0.0999 e. The summed E-state index contributed by atoms with van der Waals surface area (Å²) in [7, 11) is 1.89. The molecule has 3 aromatic rings. The SMILES string of the molecule is Cn1c2ccc(C#N)cc2c2c(C#N)cc(C#N)cc21. The van der Waals surface area contributed by atoms with Gasteiger partial charge in [-0.3, -0.25) is 0 Å². The molecule has 0 saturated carbocycles. The third-order valence-corrected chi connectivity index (χ3v) is 3.48. The van der Waals surface area contributed by atoms with E-state index in [2.05, 4.69) is 18.2 Å². The minimum absolute atomic E-state index is 0.458. The first kappa shape index (κ1) is 11.8. The summed E-state index contributed by atoms with van der Waals surface area (Å²) in [4.78, 5) is 0. The quantitative estimate of drug-likeness (QED) is 0.620. The van der Waals surface area contributed by atoms with Crippen LogP contribution in [0.4, 0.5) is 0 Å². The summed E-state index contributed by atoms with van der Waals surface area (Å²) in [6, 6.07) is 15.1. The second-order valence-electron chi connectivity index (χ2n) is 4.54. The Morgan fingerprint density at radius 1 is 0.850 bits per heavy atom. The van der Waals surface area contributed by atoms with Crippen molar-refractivity contribution in [3.8, 4) is 18.2 Å². The standard InChI is InChI=1S/C16H8N4/c1-20-14-3-2-10(7-17)5-13(14)16-12(9-19)4-11(8-18)6-15(16)20/h2-6H,1H3. The van der Waals surface area contributed by atoms with E-state index in [1.165, 1.54) is 0 Å². The fourth-order valence-corrected chi connectivity index (χ4v) is 2.56. The molecule has 0 bridgehead atoms. The molecule has 0 amide bonds. The summed E-state index contributed by atoms with van der Waals surface area (Å²) in [5.41, 5.74) is 3.23. The number of hydrogen-bond acceptors (Lipinski definition) is 3. The van der Waals surface area contributed by atoms with Crippen LogP contribution in [0.3, 0.4) is 0 Å². The predicted octanol–water partition coefficient (Wildman–Crippen LogP) is 2.95. The van der Waals surface area contributed by atoms with Gasteiger partial charge < -0.3 is 4.57 Å². The molecule has 0 atom stereocenters. The van der Waals surface area contributed by atoms with Crippen LogP contribution in [0.2, 0.25) is 0 Å². The van der Waals surface area contributed by atoms with Gasteiger partial charge >= 0.3 is 0 Å². The van der Waals surface area contributed by atoms with E-state index in [0.717, 1.165) is 21.8 Å². The van der Waals surface area contributed by atoms with E-state index >= 15 is 0 Å². The van der Waals surface area contributed by atoms with Gasteiger partial charge in [-0.2, -0.15) is 15.8 Å². The number of aryl methyl sites for hydroxylation is 1. The maximum absolute atomic E-state index is 9.32. The first-order chi connectivity index (χ1) is 9.69. The highest BCUT2D eigenvalue weighted by molar-refractivity contribution is 6.11. The van der Waals surface area contributed by atoms with Gasteiger partial charge in [0, 0.05) is 23.3 Å². The molecule has 4 nitrogen and oxygen atoms in total. The lowest BCUT2D eigenvalue weighted by molar-refractivity contribution is 1.01. The molecule has 0 N–H and O–H groups in total. The van der Waals surface area contributed by atoms with Crippen molar-refractivity contribution in [3.05, 3.63) is 47.0 Å². The van der Waals surface area contributed by atoms with Gasteiger partial charge in [0.25, 0.3) is 0 Å². The molecule has 0 aliphatic rings. The van der Waals surface area contributed by atoms with E-state index in [4.69, 9.17) is 10.5 Å². The molecule has 0 unspecified atom stereocenters. The topological polar surface area (TPSA) is 76.3 Å². The first-order valence-corrected chi connectivity index (χ1v) is 5.96. The normalized spacial score (nSPS) is 10.1. The zero-order valence-electron chi connectivity index (χ0n) is 10.7. The van der Waals surface area contributed by atoms with Crippen LogP contribution in [0.1, 0.15) is 16.7 Å². The van der Waals surface area contributed by atoms with E-state index in [9.17, 15) is 5.26 Å². The molecular weight excluding hydrogens is 248 g/mol. The fraction of sp³-hybridized carbons (Fsp3) is 0.0625.